The monoisotopic (exact) mass is 457 g/mol. The van der Waals surface area contributed by atoms with Crippen molar-refractivity contribution in [2.24, 2.45) is 0 Å². The third-order valence-electron chi connectivity index (χ3n) is 5.50. The van der Waals surface area contributed by atoms with Gasteiger partial charge >= 0.3 is 0 Å². The van der Waals surface area contributed by atoms with Gasteiger partial charge in [-0.05, 0) is 30.7 Å². The molecule has 0 fully saturated rings. The molecule has 6 nitrogen and oxygen atoms in total. The second-order valence-electron chi connectivity index (χ2n) is 7.90. The molecule has 164 valence electrons. The van der Waals surface area contributed by atoms with Crippen LogP contribution in [0.1, 0.15) is 16.8 Å². The van der Waals surface area contributed by atoms with Crippen LogP contribution in [-0.2, 0) is 4.79 Å². The van der Waals surface area contributed by atoms with E-state index in [-0.39, 0.29) is 12.3 Å². The van der Waals surface area contributed by atoms with Crippen LogP contribution in [0.25, 0.3) is 22.4 Å². The first-order chi connectivity index (χ1) is 16.0. The van der Waals surface area contributed by atoms with E-state index in [1.165, 1.54) is 4.68 Å². The van der Waals surface area contributed by atoms with Gasteiger partial charge in [0.2, 0.25) is 0 Å². The minimum absolute atomic E-state index is 0.156. The average molecular weight is 458 g/mol. The first-order valence-corrected chi connectivity index (χ1v) is 10.9. The number of nitrogens with zero attached hydrogens (tertiary/aromatic N) is 2. The minimum atomic E-state index is -0.960. The molecule has 0 saturated heterocycles. The van der Waals surface area contributed by atoms with Crippen molar-refractivity contribution in [3.05, 3.63) is 89.6 Å². The molecule has 1 aliphatic rings. The molecule has 1 amide bonds. The molecule has 1 unspecified atom stereocenters. The number of nitrogens with one attached hydrogen (secondary N) is 1. The van der Waals surface area contributed by atoms with E-state index in [1.807, 2.05) is 61.5 Å². The van der Waals surface area contributed by atoms with Crippen LogP contribution in [0.5, 0.6) is 5.75 Å². The highest BCUT2D eigenvalue weighted by Gasteiger charge is 2.31. The highest BCUT2D eigenvalue weighted by atomic mass is 35.5. The lowest BCUT2D eigenvalue weighted by Gasteiger charge is -2.25. The van der Waals surface area contributed by atoms with Gasteiger partial charge in [0, 0.05) is 22.3 Å². The Bertz CT molecular complexity index is 1350. The summed E-state index contributed by atoms with van der Waals surface area (Å²) in [4.78, 5) is 25.6. The van der Waals surface area contributed by atoms with Crippen LogP contribution in [0.2, 0.25) is 5.02 Å². The molecule has 0 bridgehead atoms. The van der Waals surface area contributed by atoms with E-state index in [2.05, 4.69) is 10.4 Å². The smallest absolute Gasteiger partial charge is 0.266 e. The summed E-state index contributed by atoms with van der Waals surface area (Å²) in [5.41, 5.74) is 5.02. The lowest BCUT2D eigenvalue weighted by atomic mass is 10.0. The Morgan fingerprint density at radius 1 is 1.06 bits per heavy atom. The molecule has 2 heterocycles. The first kappa shape index (κ1) is 21.0. The van der Waals surface area contributed by atoms with Gasteiger partial charge in [-0.15, -0.1) is 0 Å². The van der Waals surface area contributed by atoms with E-state index in [1.54, 1.807) is 24.4 Å². The third kappa shape index (κ3) is 4.25. The number of amides is 1. The molecule has 4 aromatic rings. The Morgan fingerprint density at radius 3 is 2.58 bits per heavy atom. The highest BCUT2D eigenvalue weighted by molar-refractivity contribution is 6.31. The summed E-state index contributed by atoms with van der Waals surface area (Å²) in [6, 6.07) is 22.7. The molecule has 33 heavy (non-hydrogen) atoms. The number of aryl methyl sites for hydroxylation is 1. The molecule has 0 saturated carbocycles. The van der Waals surface area contributed by atoms with Gasteiger partial charge in [-0.3, -0.25) is 9.59 Å². The Balaban J connectivity index is 1.45. The lowest BCUT2D eigenvalue weighted by Crippen LogP contribution is -2.39. The van der Waals surface area contributed by atoms with Gasteiger partial charge in [-0.25, -0.2) is 4.68 Å². The predicted molar refractivity (Wildman–Crippen MR) is 128 cm³/mol. The molecule has 1 atom stereocenters. The second kappa shape index (κ2) is 8.56. The Morgan fingerprint density at radius 2 is 1.82 bits per heavy atom. The number of carbonyl (C=O) groups excluding carboxylic acids is 2. The molecule has 3 aromatic carbocycles. The fourth-order valence-electron chi connectivity index (χ4n) is 3.76. The van der Waals surface area contributed by atoms with Crippen molar-refractivity contribution < 1.29 is 14.3 Å². The number of hydrogen-bond acceptors (Lipinski definition) is 4. The molecule has 0 aliphatic carbocycles. The zero-order chi connectivity index (χ0) is 22.9. The molecular formula is C26H20ClN3O3. The zero-order valence-corrected chi connectivity index (χ0v) is 18.5. The van der Waals surface area contributed by atoms with Crippen LogP contribution in [-0.4, -0.2) is 27.7 Å². The summed E-state index contributed by atoms with van der Waals surface area (Å²) >= 11 is 5.98. The van der Waals surface area contributed by atoms with Gasteiger partial charge < -0.3 is 10.1 Å². The number of carbonyl (C=O) groups is 2. The normalized spacial score (nSPS) is 14.8. The van der Waals surface area contributed by atoms with Crippen LogP contribution >= 0.6 is 11.6 Å². The number of ether oxygens (including phenoxy) is 1. The predicted octanol–water partition coefficient (Wildman–Crippen LogP) is 5.61. The van der Waals surface area contributed by atoms with E-state index in [4.69, 9.17) is 16.3 Å². The van der Waals surface area contributed by atoms with E-state index in [0.717, 1.165) is 22.3 Å². The molecule has 5 rings (SSSR count). The summed E-state index contributed by atoms with van der Waals surface area (Å²) in [7, 11) is 0. The van der Waals surface area contributed by atoms with Crippen molar-refractivity contribution in [1.82, 2.24) is 9.78 Å². The van der Waals surface area contributed by atoms with Gasteiger partial charge in [0.15, 0.2) is 6.10 Å². The molecule has 0 radical (unpaired) electrons. The van der Waals surface area contributed by atoms with Crippen molar-refractivity contribution >= 4 is 29.1 Å². The number of aromatic nitrogens is 2. The number of hydrogen-bond donors (Lipinski definition) is 1. The van der Waals surface area contributed by atoms with Crippen LogP contribution in [0.4, 0.5) is 5.69 Å². The maximum Gasteiger partial charge on any atom is 0.266 e. The lowest BCUT2D eigenvalue weighted by molar-refractivity contribution is -0.123. The third-order valence-corrected chi connectivity index (χ3v) is 5.74. The van der Waals surface area contributed by atoms with Crippen LogP contribution < -0.4 is 10.1 Å². The van der Waals surface area contributed by atoms with Crippen LogP contribution in [0.15, 0.2) is 79.0 Å². The second-order valence-corrected chi connectivity index (χ2v) is 8.34. The van der Waals surface area contributed by atoms with Crippen molar-refractivity contribution in [3.8, 4) is 28.1 Å². The van der Waals surface area contributed by atoms with E-state index < -0.39 is 12.0 Å². The fourth-order valence-corrected chi connectivity index (χ4v) is 3.94. The largest absolute Gasteiger partial charge is 0.478 e. The number of anilines is 1. The molecule has 0 spiro atoms. The topological polar surface area (TPSA) is 73.2 Å². The van der Waals surface area contributed by atoms with E-state index in [9.17, 15) is 9.59 Å². The van der Waals surface area contributed by atoms with E-state index >= 15 is 0 Å². The van der Waals surface area contributed by atoms with Gasteiger partial charge in [0.05, 0.1) is 12.1 Å². The van der Waals surface area contributed by atoms with Crippen LogP contribution in [0, 0.1) is 6.92 Å². The standard InChI is InChI=1S/C26H20ClN3O3/c1-16-7-9-17(10-8-16)20-15-30(29-25(20)18-5-3-2-4-6-18)24(31)14-23-26(32)28-21-13-19(27)11-12-22(21)33-23/h2-13,15,23H,14H2,1H3,(H,28,32). The van der Waals surface area contributed by atoms with Crippen molar-refractivity contribution in [2.75, 3.05) is 5.32 Å². The quantitative estimate of drug-likeness (QED) is 0.432. The Hall–Kier alpha value is -3.90. The summed E-state index contributed by atoms with van der Waals surface area (Å²) in [6.45, 7) is 2.02. The molecule has 1 aliphatic heterocycles. The minimum Gasteiger partial charge on any atom is -0.478 e. The fraction of sp³-hybridized carbons (Fsp3) is 0.115. The summed E-state index contributed by atoms with van der Waals surface area (Å²) in [5.74, 6) is -0.266. The van der Waals surface area contributed by atoms with Crippen molar-refractivity contribution in [2.45, 2.75) is 19.4 Å². The number of benzene rings is 3. The maximum atomic E-state index is 13.1. The number of fused-ring (bicyclic) bond motifs is 1. The molecule has 7 heteroatoms. The van der Waals surface area contributed by atoms with Gasteiger partial charge in [0.1, 0.15) is 11.4 Å². The van der Waals surface area contributed by atoms with Crippen molar-refractivity contribution in [3.63, 3.8) is 0 Å². The van der Waals surface area contributed by atoms with Gasteiger partial charge in [-0.2, -0.15) is 5.10 Å². The summed E-state index contributed by atoms with van der Waals surface area (Å²) < 4.78 is 7.08. The van der Waals surface area contributed by atoms with Crippen LogP contribution in [0.3, 0.4) is 0 Å². The maximum absolute atomic E-state index is 13.1. The van der Waals surface area contributed by atoms with Crippen molar-refractivity contribution in [1.29, 1.82) is 0 Å². The Labute approximate surface area is 195 Å². The SMILES string of the molecule is Cc1ccc(-c2cn(C(=O)CC3Oc4ccc(Cl)cc4NC3=O)nc2-c2ccccc2)cc1. The highest BCUT2D eigenvalue weighted by Crippen LogP contribution is 2.34. The molecular weight excluding hydrogens is 438 g/mol. The van der Waals surface area contributed by atoms with Gasteiger partial charge in [-0.1, -0.05) is 71.8 Å². The zero-order valence-electron chi connectivity index (χ0n) is 17.8. The van der Waals surface area contributed by atoms with E-state index in [0.29, 0.717) is 22.2 Å². The average Bonchev–Trinajstić information content (AvgIpc) is 3.26. The van der Waals surface area contributed by atoms with Gasteiger partial charge in [0.25, 0.3) is 11.8 Å². The molecule has 1 aromatic heterocycles. The number of halogens is 1. The Kier molecular flexibility index (Phi) is 5.44. The first-order valence-electron chi connectivity index (χ1n) is 10.5. The summed E-state index contributed by atoms with van der Waals surface area (Å²) in [6.07, 6.45) is 0.597. The summed E-state index contributed by atoms with van der Waals surface area (Å²) in [5, 5.41) is 7.83. The number of rotatable bonds is 4. The molecule has 1 N–H and O–H groups in total.